The molecule has 4 atom stereocenters. The lowest BCUT2D eigenvalue weighted by molar-refractivity contribution is -0.129. The third kappa shape index (κ3) is 8.21. The maximum Gasteiger partial charge on any atom is 0.258 e. The molecule has 0 spiro atoms. The normalized spacial score (nSPS) is 18.2. The Morgan fingerprint density at radius 3 is 2.40 bits per heavy atom. The van der Waals surface area contributed by atoms with Crippen molar-refractivity contribution in [1.82, 2.24) is 30.4 Å². The van der Waals surface area contributed by atoms with E-state index < -0.39 is 42.9 Å². The number of nitrogens with one attached hydrogen (secondary N) is 3. The zero-order chi connectivity index (χ0) is 33.1. The van der Waals surface area contributed by atoms with E-state index in [1.807, 2.05) is 18.5 Å². The molecule has 1 aliphatic rings. The molecule has 1 aromatic carbocycles. The van der Waals surface area contributed by atoms with E-state index in [1.165, 1.54) is 0 Å². The molecule has 8 nitrogen and oxygen atoms in total. The summed E-state index contributed by atoms with van der Waals surface area (Å²) in [5.74, 6) is -3.83. The Morgan fingerprint density at radius 2 is 1.78 bits per heavy atom. The number of aryl methyl sites for hydroxylation is 1. The van der Waals surface area contributed by atoms with Crippen LogP contribution in [0, 0.1) is 11.8 Å². The molecular formula is C32H43F5N6O2. The quantitative estimate of drug-likeness (QED) is 0.175. The minimum Gasteiger partial charge on any atom is -0.347 e. The fraction of sp³-hybridized carbons (Fsp3) is 0.625. The van der Waals surface area contributed by atoms with Gasteiger partial charge in [0.25, 0.3) is 11.8 Å². The van der Waals surface area contributed by atoms with Crippen molar-refractivity contribution in [3.63, 3.8) is 0 Å². The van der Waals surface area contributed by atoms with Gasteiger partial charge in [-0.3, -0.25) is 14.3 Å². The first-order valence-electron chi connectivity index (χ1n) is 15.6. The van der Waals surface area contributed by atoms with E-state index in [9.17, 15) is 31.5 Å². The SMILES string of the molecule is CC(C)CCn1ncc(C(=O)N[C@H](c2nc3ccc([C@@H](C)NC(=O)C(F)C(F)CF)cc3[nH]2)C2CCC(F)(F)CC2)c1C(C)C. The van der Waals surface area contributed by atoms with Gasteiger partial charge in [-0.25, -0.2) is 26.9 Å². The molecule has 0 bridgehead atoms. The van der Waals surface area contributed by atoms with Crippen molar-refractivity contribution in [1.29, 1.82) is 0 Å². The molecule has 248 valence electrons. The monoisotopic (exact) mass is 638 g/mol. The Labute approximate surface area is 259 Å². The number of benzene rings is 1. The molecule has 0 aliphatic heterocycles. The van der Waals surface area contributed by atoms with E-state index in [0.29, 0.717) is 40.4 Å². The van der Waals surface area contributed by atoms with Crippen LogP contribution in [0.5, 0.6) is 0 Å². The van der Waals surface area contributed by atoms with Crippen LogP contribution in [-0.4, -0.2) is 56.5 Å². The maximum atomic E-state index is 14.1. The second kappa shape index (κ2) is 14.3. The number of H-pyrrole nitrogens is 1. The minimum atomic E-state index is -2.76. The Kier molecular flexibility index (Phi) is 10.9. The number of carbonyl (C=O) groups is 2. The average Bonchev–Trinajstić information content (AvgIpc) is 3.62. The van der Waals surface area contributed by atoms with Gasteiger partial charge in [0.15, 0.2) is 6.17 Å². The van der Waals surface area contributed by atoms with Crippen LogP contribution in [0.1, 0.15) is 112 Å². The topological polar surface area (TPSA) is 105 Å². The maximum absolute atomic E-state index is 14.1. The summed E-state index contributed by atoms with van der Waals surface area (Å²) in [4.78, 5) is 33.7. The first kappa shape index (κ1) is 34.4. The Bertz CT molecular complexity index is 1460. The van der Waals surface area contributed by atoms with E-state index in [0.717, 1.165) is 12.1 Å². The molecule has 3 N–H and O–H groups in total. The number of aromatic nitrogens is 4. The Morgan fingerprint density at radius 1 is 1.09 bits per heavy atom. The van der Waals surface area contributed by atoms with Crippen molar-refractivity contribution in [2.75, 3.05) is 6.67 Å². The predicted octanol–water partition coefficient (Wildman–Crippen LogP) is 7.05. The van der Waals surface area contributed by atoms with E-state index >= 15 is 0 Å². The molecule has 2 amide bonds. The van der Waals surface area contributed by atoms with E-state index in [1.54, 1.807) is 31.3 Å². The van der Waals surface area contributed by atoms with Crippen molar-refractivity contribution < 1.29 is 31.5 Å². The number of hydrogen-bond acceptors (Lipinski definition) is 4. The fourth-order valence-corrected chi connectivity index (χ4v) is 5.84. The molecule has 1 saturated carbocycles. The van der Waals surface area contributed by atoms with Crippen LogP contribution in [0.3, 0.4) is 0 Å². The van der Waals surface area contributed by atoms with Crippen LogP contribution in [-0.2, 0) is 11.3 Å². The number of hydrogen-bond donors (Lipinski definition) is 3. The molecule has 3 aromatic rings. The van der Waals surface area contributed by atoms with Gasteiger partial charge in [0.05, 0.1) is 40.6 Å². The van der Waals surface area contributed by atoms with Gasteiger partial charge in [0, 0.05) is 19.4 Å². The fourth-order valence-electron chi connectivity index (χ4n) is 5.84. The summed E-state index contributed by atoms with van der Waals surface area (Å²) in [5.41, 5.74) is 2.84. The molecule has 2 heterocycles. The zero-order valence-corrected chi connectivity index (χ0v) is 26.3. The van der Waals surface area contributed by atoms with Gasteiger partial charge < -0.3 is 15.6 Å². The van der Waals surface area contributed by atoms with Gasteiger partial charge in [0.1, 0.15) is 12.5 Å². The van der Waals surface area contributed by atoms with Crippen molar-refractivity contribution in [2.24, 2.45) is 11.8 Å². The van der Waals surface area contributed by atoms with Crippen LogP contribution in [0.25, 0.3) is 11.0 Å². The summed E-state index contributed by atoms with van der Waals surface area (Å²) in [5, 5.41) is 9.92. The number of alkyl halides is 5. The minimum absolute atomic E-state index is 0.0137. The zero-order valence-electron chi connectivity index (χ0n) is 26.3. The second-order valence-electron chi connectivity index (χ2n) is 12.8. The van der Waals surface area contributed by atoms with Gasteiger partial charge in [-0.05, 0) is 61.6 Å². The Balaban J connectivity index is 1.62. The van der Waals surface area contributed by atoms with Crippen LogP contribution in [0.15, 0.2) is 24.4 Å². The lowest BCUT2D eigenvalue weighted by Gasteiger charge is -2.33. The third-order valence-corrected chi connectivity index (χ3v) is 8.50. The van der Waals surface area contributed by atoms with Gasteiger partial charge in [-0.15, -0.1) is 0 Å². The summed E-state index contributed by atoms with van der Waals surface area (Å²) >= 11 is 0. The van der Waals surface area contributed by atoms with Crippen LogP contribution in [0.2, 0.25) is 0 Å². The van der Waals surface area contributed by atoms with Crippen molar-refractivity contribution in [3.8, 4) is 0 Å². The van der Waals surface area contributed by atoms with Crippen molar-refractivity contribution >= 4 is 22.8 Å². The summed E-state index contributed by atoms with van der Waals surface area (Å²) in [6.07, 6.45) is -2.95. The van der Waals surface area contributed by atoms with E-state index in [-0.39, 0.29) is 43.4 Å². The number of amides is 2. The van der Waals surface area contributed by atoms with Crippen LogP contribution in [0.4, 0.5) is 22.0 Å². The second-order valence-corrected chi connectivity index (χ2v) is 12.8. The van der Waals surface area contributed by atoms with Crippen molar-refractivity contribution in [2.45, 2.75) is 110 Å². The standard InChI is InChI=1S/C32H43F5N6O2/c1-17(2)10-13-43-28(18(3)4)22(16-38-43)30(44)42-27(20-8-11-32(36,37)12-9-20)29-40-24-7-6-21(14-25(24)41-29)19(5)39-31(45)26(35)23(34)15-33/h6-7,14,16-20,23,26-27H,8-13,15H2,1-5H3,(H,39,45)(H,40,41)(H,42,44)/t19-,23?,26?,27+/m1/s1. The van der Waals surface area contributed by atoms with Gasteiger partial charge in [-0.2, -0.15) is 5.10 Å². The highest BCUT2D eigenvalue weighted by Gasteiger charge is 2.40. The number of fused-ring (bicyclic) bond motifs is 1. The molecule has 0 radical (unpaired) electrons. The first-order valence-corrected chi connectivity index (χ1v) is 15.6. The summed E-state index contributed by atoms with van der Waals surface area (Å²) < 4.78 is 69.8. The van der Waals surface area contributed by atoms with Gasteiger partial charge in [-0.1, -0.05) is 33.8 Å². The predicted molar refractivity (Wildman–Crippen MR) is 161 cm³/mol. The number of aromatic amines is 1. The third-order valence-electron chi connectivity index (χ3n) is 8.50. The largest absolute Gasteiger partial charge is 0.347 e. The number of imidazole rings is 1. The smallest absolute Gasteiger partial charge is 0.258 e. The average molecular weight is 639 g/mol. The summed E-state index contributed by atoms with van der Waals surface area (Å²) in [7, 11) is 0. The lowest BCUT2D eigenvalue weighted by atomic mass is 9.81. The highest BCUT2D eigenvalue weighted by atomic mass is 19.3. The molecular weight excluding hydrogens is 595 g/mol. The first-order chi connectivity index (χ1) is 21.2. The highest BCUT2D eigenvalue weighted by Crippen LogP contribution is 2.41. The Hall–Kier alpha value is -3.51. The molecule has 2 unspecified atom stereocenters. The van der Waals surface area contributed by atoms with E-state index in [4.69, 9.17) is 0 Å². The number of rotatable bonds is 13. The molecule has 1 fully saturated rings. The number of carbonyl (C=O) groups excluding carboxylic acids is 2. The molecule has 0 saturated heterocycles. The molecule has 45 heavy (non-hydrogen) atoms. The molecule has 1 aliphatic carbocycles. The van der Waals surface area contributed by atoms with Gasteiger partial charge in [0.2, 0.25) is 12.1 Å². The van der Waals surface area contributed by atoms with Crippen LogP contribution < -0.4 is 10.6 Å². The highest BCUT2D eigenvalue weighted by molar-refractivity contribution is 5.95. The van der Waals surface area contributed by atoms with Gasteiger partial charge >= 0.3 is 0 Å². The molecule has 4 rings (SSSR count). The lowest BCUT2D eigenvalue weighted by Crippen LogP contribution is -2.39. The van der Waals surface area contributed by atoms with Crippen LogP contribution >= 0.6 is 0 Å². The van der Waals surface area contributed by atoms with Crippen molar-refractivity contribution in [3.05, 3.63) is 47.0 Å². The number of halogens is 5. The molecule has 2 aromatic heterocycles. The summed E-state index contributed by atoms with van der Waals surface area (Å²) in [6, 6.07) is 3.56. The number of nitrogens with zero attached hydrogens (tertiary/aromatic N) is 3. The molecule has 13 heteroatoms. The van der Waals surface area contributed by atoms with E-state index in [2.05, 4.69) is 39.5 Å². The summed E-state index contributed by atoms with van der Waals surface area (Å²) in [6.45, 7) is 8.85.